The van der Waals surface area contributed by atoms with Crippen LogP contribution in [0, 0.1) is 6.92 Å². The average Bonchev–Trinajstić information content (AvgIpc) is 3.63. The predicted octanol–water partition coefficient (Wildman–Crippen LogP) is 6.59. The van der Waals surface area contributed by atoms with Crippen LogP contribution in [0.25, 0.3) is 10.8 Å². The maximum Gasteiger partial charge on any atom is 0.258 e. The van der Waals surface area contributed by atoms with Gasteiger partial charge in [-0.15, -0.1) is 0 Å². The third-order valence-electron chi connectivity index (χ3n) is 9.00. The topological polar surface area (TPSA) is 69.7 Å². The predicted molar refractivity (Wildman–Crippen MR) is 171 cm³/mol. The van der Waals surface area contributed by atoms with E-state index in [4.69, 9.17) is 0 Å². The Labute approximate surface area is 253 Å². The van der Waals surface area contributed by atoms with E-state index in [0.717, 1.165) is 58.8 Å². The van der Waals surface area contributed by atoms with Crippen molar-refractivity contribution < 1.29 is 14.4 Å². The number of amides is 3. The van der Waals surface area contributed by atoms with Crippen molar-refractivity contribution in [1.29, 1.82) is 0 Å². The maximum absolute atomic E-state index is 14.1. The Hall–Kier alpha value is -4.45. The summed E-state index contributed by atoms with van der Waals surface area (Å²) < 4.78 is 0. The first-order valence-corrected chi connectivity index (χ1v) is 15.5. The van der Waals surface area contributed by atoms with Crippen LogP contribution in [0.1, 0.15) is 65.6 Å². The van der Waals surface area contributed by atoms with Gasteiger partial charge in [-0.1, -0.05) is 91.7 Å². The molecule has 6 nitrogen and oxygen atoms in total. The zero-order valence-electron chi connectivity index (χ0n) is 24.8. The molecule has 220 valence electrons. The van der Waals surface area contributed by atoms with E-state index in [1.807, 2.05) is 97.9 Å². The smallest absolute Gasteiger partial charge is 0.258 e. The molecule has 43 heavy (non-hydrogen) atoms. The summed E-state index contributed by atoms with van der Waals surface area (Å²) in [4.78, 5) is 44.9. The van der Waals surface area contributed by atoms with Crippen molar-refractivity contribution in [3.8, 4) is 0 Å². The highest BCUT2D eigenvalue weighted by Crippen LogP contribution is 2.37. The first-order valence-electron chi connectivity index (χ1n) is 15.5. The van der Waals surface area contributed by atoms with E-state index in [9.17, 15) is 14.4 Å². The third-order valence-corrected chi connectivity index (χ3v) is 9.00. The van der Waals surface area contributed by atoms with Crippen molar-refractivity contribution in [2.45, 2.75) is 70.5 Å². The minimum Gasteiger partial charge on any atom is -0.352 e. The minimum absolute atomic E-state index is 0.0195. The van der Waals surface area contributed by atoms with Crippen LogP contribution in [0.3, 0.4) is 0 Å². The van der Waals surface area contributed by atoms with E-state index >= 15 is 0 Å². The lowest BCUT2D eigenvalue weighted by atomic mass is 10.0. The molecule has 0 aromatic heterocycles. The second-order valence-corrected chi connectivity index (χ2v) is 11.9. The Morgan fingerprint density at radius 1 is 0.907 bits per heavy atom. The number of rotatable bonds is 11. The number of carbonyl (C=O) groups excluding carboxylic acids is 3. The summed E-state index contributed by atoms with van der Waals surface area (Å²) in [6.45, 7) is 2.84. The molecule has 1 N–H and O–H groups in total. The zero-order chi connectivity index (χ0) is 29.8. The van der Waals surface area contributed by atoms with Gasteiger partial charge in [-0.2, -0.15) is 0 Å². The molecule has 0 unspecified atom stereocenters. The summed E-state index contributed by atoms with van der Waals surface area (Å²) in [6.07, 6.45) is 5.38. The van der Waals surface area contributed by atoms with Crippen LogP contribution in [0.5, 0.6) is 0 Å². The van der Waals surface area contributed by atoms with Crippen LogP contribution in [-0.2, 0) is 22.6 Å². The molecule has 2 aliphatic rings. The van der Waals surface area contributed by atoms with Crippen molar-refractivity contribution >= 4 is 34.2 Å². The SMILES string of the molecule is Cc1ccccc1CN(C(=O)CCCN1C(=O)c2cccc3cccc1c23)[C@@H](Cc1ccccc1)C(=O)NC1CCCC1. The van der Waals surface area contributed by atoms with E-state index in [2.05, 4.69) is 5.32 Å². The molecule has 6 heteroatoms. The Morgan fingerprint density at radius 2 is 1.63 bits per heavy atom. The van der Waals surface area contributed by atoms with Crippen LogP contribution in [0.4, 0.5) is 5.69 Å². The Bertz CT molecular complexity index is 1620. The summed E-state index contributed by atoms with van der Waals surface area (Å²) in [5.41, 5.74) is 4.75. The summed E-state index contributed by atoms with van der Waals surface area (Å²) in [6, 6.07) is 29.3. The molecule has 1 saturated carbocycles. The summed E-state index contributed by atoms with van der Waals surface area (Å²) in [7, 11) is 0. The number of nitrogens with zero attached hydrogens (tertiary/aromatic N) is 2. The number of carbonyl (C=O) groups is 3. The van der Waals surface area contributed by atoms with Crippen molar-refractivity contribution in [1.82, 2.24) is 10.2 Å². The second kappa shape index (κ2) is 12.8. The molecule has 1 fully saturated rings. The van der Waals surface area contributed by atoms with Gasteiger partial charge in [-0.25, -0.2) is 0 Å². The lowest BCUT2D eigenvalue weighted by Crippen LogP contribution is -2.52. The molecule has 6 rings (SSSR count). The summed E-state index contributed by atoms with van der Waals surface area (Å²) >= 11 is 0. The Morgan fingerprint density at radius 3 is 2.40 bits per heavy atom. The second-order valence-electron chi connectivity index (χ2n) is 11.9. The third kappa shape index (κ3) is 6.19. The van der Waals surface area contributed by atoms with Gasteiger partial charge in [0.1, 0.15) is 6.04 Å². The number of hydrogen-bond acceptors (Lipinski definition) is 3. The minimum atomic E-state index is -0.637. The highest BCUT2D eigenvalue weighted by Gasteiger charge is 2.33. The fourth-order valence-corrected chi connectivity index (χ4v) is 6.63. The van der Waals surface area contributed by atoms with Crippen LogP contribution < -0.4 is 10.2 Å². The first-order chi connectivity index (χ1) is 21.0. The van der Waals surface area contributed by atoms with Crippen molar-refractivity contribution in [3.63, 3.8) is 0 Å². The maximum atomic E-state index is 14.1. The molecule has 1 aliphatic heterocycles. The number of benzene rings is 4. The van der Waals surface area contributed by atoms with Crippen molar-refractivity contribution in [2.24, 2.45) is 0 Å². The van der Waals surface area contributed by atoms with Gasteiger partial charge in [0.05, 0.1) is 5.69 Å². The van der Waals surface area contributed by atoms with E-state index < -0.39 is 6.04 Å². The summed E-state index contributed by atoms with van der Waals surface area (Å²) in [5.74, 6) is -0.184. The van der Waals surface area contributed by atoms with Gasteiger partial charge in [0.25, 0.3) is 5.91 Å². The lowest BCUT2D eigenvalue weighted by Gasteiger charge is -2.33. The van der Waals surface area contributed by atoms with Gasteiger partial charge in [0, 0.05) is 42.9 Å². The largest absolute Gasteiger partial charge is 0.352 e. The van der Waals surface area contributed by atoms with Crippen LogP contribution in [0.15, 0.2) is 91.0 Å². The van der Waals surface area contributed by atoms with Crippen molar-refractivity contribution in [3.05, 3.63) is 113 Å². The molecule has 0 spiro atoms. The van der Waals surface area contributed by atoms with Crippen molar-refractivity contribution in [2.75, 3.05) is 11.4 Å². The average molecular weight is 574 g/mol. The first kappa shape index (κ1) is 28.7. The zero-order valence-corrected chi connectivity index (χ0v) is 24.8. The number of aryl methyl sites for hydroxylation is 1. The normalized spacial score (nSPS) is 15.2. The molecule has 4 aromatic carbocycles. The van der Waals surface area contributed by atoms with Gasteiger partial charge in [-0.3, -0.25) is 14.4 Å². The van der Waals surface area contributed by atoms with Gasteiger partial charge in [-0.05, 0) is 60.4 Å². The van der Waals surface area contributed by atoms with Gasteiger partial charge >= 0.3 is 0 Å². The van der Waals surface area contributed by atoms with E-state index in [-0.39, 0.29) is 30.2 Å². The number of anilines is 1. The fraction of sp³-hybridized carbons (Fsp3) is 0.324. The molecule has 4 aromatic rings. The van der Waals surface area contributed by atoms with Gasteiger partial charge in [0.2, 0.25) is 11.8 Å². The van der Waals surface area contributed by atoms with E-state index in [1.54, 1.807) is 9.80 Å². The van der Waals surface area contributed by atoms with Crippen LogP contribution >= 0.6 is 0 Å². The highest BCUT2D eigenvalue weighted by molar-refractivity contribution is 6.25. The molecule has 0 saturated heterocycles. The van der Waals surface area contributed by atoms with E-state index in [0.29, 0.717) is 31.5 Å². The van der Waals surface area contributed by atoms with Crippen LogP contribution in [-0.4, -0.2) is 41.2 Å². The molecular weight excluding hydrogens is 534 g/mol. The summed E-state index contributed by atoms with van der Waals surface area (Å²) in [5, 5.41) is 5.30. The van der Waals surface area contributed by atoms with E-state index in [1.165, 1.54) is 0 Å². The van der Waals surface area contributed by atoms with Gasteiger partial charge < -0.3 is 15.1 Å². The standard InChI is InChI=1S/C37H39N3O3/c1-26-12-5-6-15-29(26)25-40(33(24-27-13-3-2-4-14-27)36(42)38-30-18-7-8-19-30)34(41)22-11-23-39-32-21-10-17-28-16-9-20-31(35(28)32)37(39)43/h2-6,9-10,12-17,20-21,30,33H,7-8,11,18-19,22-25H2,1H3,(H,38,42)/t33-/m0/s1. The molecule has 0 bridgehead atoms. The molecule has 3 amide bonds. The Balaban J connectivity index is 1.24. The fourth-order valence-electron chi connectivity index (χ4n) is 6.63. The van der Waals surface area contributed by atoms with Gasteiger partial charge in [0.15, 0.2) is 0 Å². The highest BCUT2D eigenvalue weighted by atomic mass is 16.2. The number of nitrogens with one attached hydrogen (secondary N) is 1. The quantitative estimate of drug-likeness (QED) is 0.220. The molecule has 1 heterocycles. The number of hydrogen-bond donors (Lipinski definition) is 1. The molecular formula is C37H39N3O3. The lowest BCUT2D eigenvalue weighted by molar-refractivity contribution is -0.141. The monoisotopic (exact) mass is 573 g/mol. The molecule has 0 radical (unpaired) electrons. The molecule has 1 aliphatic carbocycles. The molecule has 1 atom stereocenters. The Kier molecular flexibility index (Phi) is 8.55. The van der Waals surface area contributed by atoms with Crippen LogP contribution in [0.2, 0.25) is 0 Å².